The van der Waals surface area contributed by atoms with Crippen LogP contribution in [0.25, 0.3) is 5.78 Å². The van der Waals surface area contributed by atoms with Gasteiger partial charge in [-0.15, -0.1) is 5.10 Å². The van der Waals surface area contributed by atoms with Gasteiger partial charge in [-0.25, -0.2) is 14.5 Å². The van der Waals surface area contributed by atoms with E-state index in [9.17, 15) is 4.79 Å². The van der Waals surface area contributed by atoms with Gasteiger partial charge in [0.2, 0.25) is 5.91 Å². The lowest BCUT2D eigenvalue weighted by Crippen LogP contribution is -2.30. The summed E-state index contributed by atoms with van der Waals surface area (Å²) in [6.07, 6.45) is 4.93. The summed E-state index contributed by atoms with van der Waals surface area (Å²) in [6.45, 7) is 0.880. The van der Waals surface area contributed by atoms with Gasteiger partial charge in [-0.3, -0.25) is 4.79 Å². The maximum absolute atomic E-state index is 11.9. The molecule has 0 unspecified atom stereocenters. The average Bonchev–Trinajstić information content (AvgIpc) is 2.95. The maximum atomic E-state index is 11.9. The molecule has 0 fully saturated rings. The molecule has 3 heterocycles. The highest BCUT2D eigenvalue weighted by atomic mass is 35.5. The quantitative estimate of drug-likeness (QED) is 0.644. The van der Waals surface area contributed by atoms with Crippen molar-refractivity contribution in [3.05, 3.63) is 46.6 Å². The van der Waals surface area contributed by atoms with E-state index in [1.165, 1.54) is 10.7 Å². The molecule has 0 radical (unpaired) electrons. The van der Waals surface area contributed by atoms with Gasteiger partial charge in [-0.2, -0.15) is 4.98 Å². The van der Waals surface area contributed by atoms with Gasteiger partial charge in [0, 0.05) is 31.7 Å². The number of hydrogen-bond acceptors (Lipinski definition) is 6. The molecule has 0 saturated carbocycles. The number of anilines is 1. The third kappa shape index (κ3) is 4.09. The molecular formula is C14H13Cl2N7O. The zero-order valence-corrected chi connectivity index (χ0v) is 13.9. The first-order chi connectivity index (χ1) is 11.6. The van der Waals surface area contributed by atoms with Gasteiger partial charge in [-0.1, -0.05) is 23.2 Å². The van der Waals surface area contributed by atoms with Crippen LogP contribution >= 0.6 is 23.2 Å². The van der Waals surface area contributed by atoms with Gasteiger partial charge in [0.05, 0.1) is 16.5 Å². The zero-order valence-electron chi connectivity index (χ0n) is 12.4. The van der Waals surface area contributed by atoms with E-state index in [-0.39, 0.29) is 12.3 Å². The van der Waals surface area contributed by atoms with E-state index in [2.05, 4.69) is 30.7 Å². The number of halogens is 2. The molecule has 2 N–H and O–H groups in total. The molecule has 0 aliphatic rings. The molecule has 0 aliphatic heterocycles. The molecule has 0 aliphatic carbocycles. The van der Waals surface area contributed by atoms with E-state index in [1.807, 2.05) is 0 Å². The van der Waals surface area contributed by atoms with Crippen LogP contribution in [0.3, 0.4) is 0 Å². The number of pyridine rings is 1. The topological polar surface area (TPSA) is 97.1 Å². The minimum Gasteiger partial charge on any atom is -0.367 e. The van der Waals surface area contributed by atoms with E-state index in [4.69, 9.17) is 23.2 Å². The number of amides is 1. The molecule has 0 atom stereocenters. The number of carbonyl (C=O) groups is 1. The number of carbonyl (C=O) groups excluding carboxylic acids is 1. The Hall–Kier alpha value is -2.45. The van der Waals surface area contributed by atoms with Crippen molar-refractivity contribution in [2.75, 3.05) is 18.4 Å². The largest absolute Gasteiger partial charge is 0.367 e. The van der Waals surface area contributed by atoms with E-state index >= 15 is 0 Å². The lowest BCUT2D eigenvalue weighted by molar-refractivity contribution is -0.120. The van der Waals surface area contributed by atoms with Crippen molar-refractivity contribution in [3.63, 3.8) is 0 Å². The molecule has 0 saturated heterocycles. The number of hydrogen-bond donors (Lipinski definition) is 2. The Balaban J connectivity index is 1.45. The van der Waals surface area contributed by atoms with Crippen LogP contribution in [0.15, 0.2) is 30.7 Å². The maximum Gasteiger partial charge on any atom is 0.252 e. The highest BCUT2D eigenvalue weighted by molar-refractivity contribution is 6.35. The van der Waals surface area contributed by atoms with Crippen LogP contribution in [0.1, 0.15) is 5.82 Å². The van der Waals surface area contributed by atoms with Crippen LogP contribution in [0.4, 0.5) is 5.82 Å². The van der Waals surface area contributed by atoms with Crippen molar-refractivity contribution in [3.8, 4) is 0 Å². The van der Waals surface area contributed by atoms with Crippen molar-refractivity contribution >= 4 is 40.7 Å². The minimum absolute atomic E-state index is 0.0866. The van der Waals surface area contributed by atoms with E-state index in [0.717, 1.165) is 0 Å². The normalized spacial score (nSPS) is 10.8. The lowest BCUT2D eigenvalue weighted by atomic mass is 10.4. The number of nitrogens with zero attached hydrogens (tertiary/aromatic N) is 5. The predicted octanol–water partition coefficient (Wildman–Crippen LogP) is 1.60. The first-order valence-corrected chi connectivity index (χ1v) is 7.85. The molecule has 1 amide bonds. The van der Waals surface area contributed by atoms with Gasteiger partial charge in [0.1, 0.15) is 5.82 Å². The zero-order chi connectivity index (χ0) is 16.9. The number of nitrogens with one attached hydrogen (secondary N) is 2. The second kappa shape index (κ2) is 7.41. The summed E-state index contributed by atoms with van der Waals surface area (Å²) in [6, 6.07) is 3.34. The second-order valence-electron chi connectivity index (χ2n) is 4.83. The summed E-state index contributed by atoms with van der Waals surface area (Å²) in [7, 11) is 0. The Kier molecular flexibility index (Phi) is 5.07. The van der Waals surface area contributed by atoms with Crippen LogP contribution in [0.2, 0.25) is 10.0 Å². The third-order valence-corrected chi connectivity index (χ3v) is 3.52. The van der Waals surface area contributed by atoms with Crippen molar-refractivity contribution in [2.45, 2.75) is 6.42 Å². The number of fused-ring (bicyclic) bond motifs is 1. The molecule has 3 aromatic rings. The molecule has 24 heavy (non-hydrogen) atoms. The Morgan fingerprint density at radius 3 is 2.92 bits per heavy atom. The summed E-state index contributed by atoms with van der Waals surface area (Å²) < 4.78 is 1.53. The summed E-state index contributed by atoms with van der Waals surface area (Å²) in [5.41, 5.74) is 0. The molecule has 3 aromatic heterocycles. The van der Waals surface area contributed by atoms with Crippen LogP contribution in [-0.2, 0) is 11.2 Å². The fraction of sp³-hybridized carbons (Fsp3) is 0.214. The minimum atomic E-state index is -0.178. The molecule has 3 rings (SSSR count). The lowest BCUT2D eigenvalue weighted by Gasteiger charge is -2.08. The summed E-state index contributed by atoms with van der Waals surface area (Å²) >= 11 is 11.8. The van der Waals surface area contributed by atoms with Gasteiger partial charge in [0.25, 0.3) is 5.78 Å². The standard InChI is InChI=1S/C14H13Cl2N7O/c15-9-6-10(16)13(20-8-9)18-4-3-17-12(24)7-11-21-14-19-2-1-5-23(14)22-11/h1-2,5-6,8H,3-4,7H2,(H,17,24)(H,18,20). The Morgan fingerprint density at radius 1 is 1.25 bits per heavy atom. The fourth-order valence-electron chi connectivity index (χ4n) is 1.98. The van der Waals surface area contributed by atoms with Crippen LogP contribution in [0, 0.1) is 0 Å². The third-order valence-electron chi connectivity index (χ3n) is 3.03. The second-order valence-corrected chi connectivity index (χ2v) is 5.67. The average molecular weight is 366 g/mol. The van der Waals surface area contributed by atoms with Crippen molar-refractivity contribution < 1.29 is 4.79 Å². The number of rotatable bonds is 6. The molecule has 124 valence electrons. The Bertz CT molecular complexity index is 834. The molecule has 10 heteroatoms. The van der Waals surface area contributed by atoms with Crippen molar-refractivity contribution in [2.24, 2.45) is 0 Å². The highest BCUT2D eigenvalue weighted by Gasteiger charge is 2.09. The van der Waals surface area contributed by atoms with Crippen LogP contribution in [0.5, 0.6) is 0 Å². The fourth-order valence-corrected chi connectivity index (χ4v) is 2.43. The first-order valence-electron chi connectivity index (χ1n) is 7.10. The van der Waals surface area contributed by atoms with Gasteiger partial charge >= 0.3 is 0 Å². The van der Waals surface area contributed by atoms with Crippen molar-refractivity contribution in [1.82, 2.24) is 29.9 Å². The Labute approximate surface area is 147 Å². The van der Waals surface area contributed by atoms with Gasteiger partial charge in [0.15, 0.2) is 5.82 Å². The number of aromatic nitrogens is 5. The summed E-state index contributed by atoms with van der Waals surface area (Å²) in [4.78, 5) is 24.2. The predicted molar refractivity (Wildman–Crippen MR) is 90.2 cm³/mol. The van der Waals surface area contributed by atoms with Crippen molar-refractivity contribution in [1.29, 1.82) is 0 Å². The first kappa shape index (κ1) is 16.4. The van der Waals surface area contributed by atoms with E-state index in [1.54, 1.807) is 24.5 Å². The van der Waals surface area contributed by atoms with Crippen LogP contribution in [-0.4, -0.2) is 43.6 Å². The Morgan fingerprint density at radius 2 is 2.12 bits per heavy atom. The molecular weight excluding hydrogens is 353 g/mol. The summed E-state index contributed by atoms with van der Waals surface area (Å²) in [5.74, 6) is 1.22. The van der Waals surface area contributed by atoms with Gasteiger partial charge in [-0.05, 0) is 12.1 Å². The van der Waals surface area contributed by atoms with Crippen LogP contribution < -0.4 is 10.6 Å². The van der Waals surface area contributed by atoms with E-state index in [0.29, 0.717) is 40.6 Å². The van der Waals surface area contributed by atoms with E-state index < -0.39 is 0 Å². The highest BCUT2D eigenvalue weighted by Crippen LogP contribution is 2.21. The smallest absolute Gasteiger partial charge is 0.252 e. The molecule has 0 aromatic carbocycles. The van der Waals surface area contributed by atoms with Gasteiger partial charge < -0.3 is 10.6 Å². The molecule has 0 spiro atoms. The molecule has 0 bridgehead atoms. The SMILES string of the molecule is O=C(Cc1nc2ncccn2n1)NCCNc1ncc(Cl)cc1Cl. The summed E-state index contributed by atoms with van der Waals surface area (Å²) in [5, 5.41) is 10.9. The monoisotopic (exact) mass is 365 g/mol. The molecule has 8 nitrogen and oxygen atoms in total.